The second-order valence-corrected chi connectivity index (χ2v) is 6.66. The molecule has 3 aromatic heterocycles. The number of rotatable bonds is 5. The molecule has 0 aliphatic carbocycles. The summed E-state index contributed by atoms with van der Waals surface area (Å²) in [5, 5.41) is 0. The molecule has 0 fully saturated rings. The number of esters is 2. The van der Waals surface area contributed by atoms with Gasteiger partial charge < -0.3 is 18.6 Å². The van der Waals surface area contributed by atoms with E-state index in [0.717, 1.165) is 28.6 Å². The van der Waals surface area contributed by atoms with E-state index in [2.05, 4.69) is 6.92 Å². The standard InChI is InChI=1S/C23H21NO5/c1-5-15-16-11-14(27-2)12-17-19(22(25)28-3)20(23(26)29-4)21(24(16)17)18(15)13-9-7-6-8-10-13/h6-12H,5H2,1-4H3. The molecule has 6 heteroatoms. The number of carbonyl (C=O) groups excluding carboxylic acids is 2. The third-order valence-corrected chi connectivity index (χ3v) is 5.28. The van der Waals surface area contributed by atoms with Gasteiger partial charge in [0, 0.05) is 17.7 Å². The first-order valence-corrected chi connectivity index (χ1v) is 9.29. The Balaban J connectivity index is 2.30. The topological polar surface area (TPSA) is 66.2 Å². The molecule has 0 atom stereocenters. The van der Waals surface area contributed by atoms with Gasteiger partial charge in [0.1, 0.15) is 16.9 Å². The molecule has 6 nitrogen and oxygen atoms in total. The van der Waals surface area contributed by atoms with Crippen LogP contribution in [0.15, 0.2) is 42.5 Å². The van der Waals surface area contributed by atoms with Crippen molar-refractivity contribution in [2.24, 2.45) is 0 Å². The first kappa shape index (κ1) is 18.8. The van der Waals surface area contributed by atoms with Crippen molar-refractivity contribution in [1.82, 2.24) is 4.40 Å². The first-order valence-electron chi connectivity index (χ1n) is 9.29. The summed E-state index contributed by atoms with van der Waals surface area (Å²) in [4.78, 5) is 25.6. The number of carbonyl (C=O) groups is 2. The largest absolute Gasteiger partial charge is 0.497 e. The Hall–Kier alpha value is -3.54. The molecule has 0 radical (unpaired) electrons. The summed E-state index contributed by atoms with van der Waals surface area (Å²) in [6, 6.07) is 13.5. The fourth-order valence-electron chi connectivity index (χ4n) is 4.08. The summed E-state index contributed by atoms with van der Waals surface area (Å²) in [7, 11) is 4.18. The van der Waals surface area contributed by atoms with Gasteiger partial charge in [-0.3, -0.25) is 0 Å². The van der Waals surface area contributed by atoms with Crippen molar-refractivity contribution < 1.29 is 23.8 Å². The van der Waals surface area contributed by atoms with Crippen LogP contribution in [0, 0.1) is 0 Å². The lowest BCUT2D eigenvalue weighted by Gasteiger charge is -2.08. The van der Waals surface area contributed by atoms with Gasteiger partial charge in [0.2, 0.25) is 0 Å². The van der Waals surface area contributed by atoms with Crippen LogP contribution >= 0.6 is 0 Å². The smallest absolute Gasteiger partial charge is 0.340 e. The van der Waals surface area contributed by atoms with Gasteiger partial charge in [0.15, 0.2) is 0 Å². The molecule has 0 bridgehead atoms. The number of hydrogen-bond donors (Lipinski definition) is 0. The maximum absolute atomic E-state index is 12.9. The van der Waals surface area contributed by atoms with Crippen LogP contribution in [0.5, 0.6) is 5.75 Å². The molecule has 148 valence electrons. The van der Waals surface area contributed by atoms with Crippen molar-refractivity contribution in [3.8, 4) is 16.9 Å². The Morgan fingerprint density at radius 1 is 0.897 bits per heavy atom. The van der Waals surface area contributed by atoms with E-state index in [9.17, 15) is 9.59 Å². The first-order chi connectivity index (χ1) is 14.1. The molecule has 1 aromatic carbocycles. The number of pyridine rings is 1. The van der Waals surface area contributed by atoms with E-state index in [1.54, 1.807) is 13.2 Å². The monoisotopic (exact) mass is 391 g/mol. The van der Waals surface area contributed by atoms with Crippen molar-refractivity contribution in [2.45, 2.75) is 13.3 Å². The third-order valence-electron chi connectivity index (χ3n) is 5.28. The predicted molar refractivity (Wildman–Crippen MR) is 110 cm³/mol. The molecule has 0 saturated heterocycles. The van der Waals surface area contributed by atoms with Crippen LogP contribution in [0.4, 0.5) is 0 Å². The molecular weight excluding hydrogens is 370 g/mol. The summed E-state index contributed by atoms with van der Waals surface area (Å²) >= 11 is 0. The molecule has 0 N–H and O–H groups in total. The molecule has 29 heavy (non-hydrogen) atoms. The molecule has 0 spiro atoms. The van der Waals surface area contributed by atoms with E-state index in [1.165, 1.54) is 14.2 Å². The van der Waals surface area contributed by atoms with E-state index < -0.39 is 11.9 Å². The summed E-state index contributed by atoms with van der Waals surface area (Å²) in [5.74, 6) is -0.584. The second-order valence-electron chi connectivity index (χ2n) is 6.66. The lowest BCUT2D eigenvalue weighted by molar-refractivity contribution is 0.0559. The zero-order valence-corrected chi connectivity index (χ0v) is 16.7. The molecule has 4 rings (SSSR count). The lowest BCUT2D eigenvalue weighted by atomic mass is 9.97. The van der Waals surface area contributed by atoms with E-state index in [1.807, 2.05) is 40.8 Å². The van der Waals surface area contributed by atoms with E-state index in [4.69, 9.17) is 14.2 Å². The van der Waals surface area contributed by atoms with Crippen LogP contribution in [-0.4, -0.2) is 37.7 Å². The van der Waals surface area contributed by atoms with Crippen LogP contribution in [0.2, 0.25) is 0 Å². The number of ether oxygens (including phenoxy) is 3. The minimum Gasteiger partial charge on any atom is -0.497 e. The van der Waals surface area contributed by atoms with Gasteiger partial charge in [0.05, 0.1) is 37.9 Å². The number of nitrogens with zero attached hydrogens (tertiary/aromatic N) is 1. The molecular formula is C23H21NO5. The summed E-state index contributed by atoms with van der Waals surface area (Å²) < 4.78 is 17.5. The van der Waals surface area contributed by atoms with E-state index >= 15 is 0 Å². The maximum atomic E-state index is 12.9. The molecule has 0 saturated carbocycles. The molecule has 3 heterocycles. The van der Waals surface area contributed by atoms with Gasteiger partial charge in [-0.1, -0.05) is 37.3 Å². The predicted octanol–water partition coefficient (Wildman–Crippen LogP) is 4.34. The number of benzene rings is 1. The van der Waals surface area contributed by atoms with Crippen molar-refractivity contribution in [3.63, 3.8) is 0 Å². The highest BCUT2D eigenvalue weighted by molar-refractivity contribution is 6.18. The Labute approximate surface area is 167 Å². The van der Waals surface area contributed by atoms with Crippen LogP contribution < -0.4 is 4.74 Å². The van der Waals surface area contributed by atoms with E-state index in [-0.39, 0.29) is 11.1 Å². The summed E-state index contributed by atoms with van der Waals surface area (Å²) in [6.07, 6.45) is 0.738. The molecule has 0 amide bonds. The second kappa shape index (κ2) is 7.13. The average molecular weight is 391 g/mol. The van der Waals surface area contributed by atoms with Gasteiger partial charge in [0.25, 0.3) is 0 Å². The Bertz CT molecular complexity index is 1220. The van der Waals surface area contributed by atoms with E-state index in [0.29, 0.717) is 16.8 Å². The summed E-state index contributed by atoms with van der Waals surface area (Å²) in [5.41, 5.74) is 5.40. The van der Waals surface area contributed by atoms with Gasteiger partial charge in [-0.2, -0.15) is 0 Å². The number of hydrogen-bond acceptors (Lipinski definition) is 5. The molecule has 0 aliphatic heterocycles. The zero-order chi connectivity index (χ0) is 20.7. The van der Waals surface area contributed by atoms with Crippen LogP contribution in [0.1, 0.15) is 33.2 Å². The minimum atomic E-state index is -0.597. The summed E-state index contributed by atoms with van der Waals surface area (Å²) in [6.45, 7) is 2.06. The normalized spacial score (nSPS) is 11.2. The van der Waals surface area contributed by atoms with Crippen molar-refractivity contribution in [2.75, 3.05) is 21.3 Å². The average Bonchev–Trinajstić information content (AvgIpc) is 3.28. The Morgan fingerprint density at radius 2 is 1.52 bits per heavy atom. The number of aryl methyl sites for hydroxylation is 1. The SMILES string of the molecule is CCc1c(-c2ccccc2)c2c(C(=O)OC)c(C(=O)OC)c3cc(OC)cc1n32. The van der Waals surface area contributed by atoms with Crippen molar-refractivity contribution >= 4 is 28.5 Å². The Kier molecular flexibility index (Phi) is 4.62. The maximum Gasteiger partial charge on any atom is 0.340 e. The van der Waals surface area contributed by atoms with Gasteiger partial charge >= 0.3 is 11.9 Å². The molecule has 4 aromatic rings. The van der Waals surface area contributed by atoms with Crippen molar-refractivity contribution in [1.29, 1.82) is 0 Å². The number of aromatic nitrogens is 1. The Morgan fingerprint density at radius 3 is 2.10 bits per heavy atom. The third kappa shape index (κ3) is 2.63. The lowest BCUT2D eigenvalue weighted by Crippen LogP contribution is -2.10. The fraction of sp³-hybridized carbons (Fsp3) is 0.217. The van der Waals surface area contributed by atoms with Crippen LogP contribution in [0.3, 0.4) is 0 Å². The number of methoxy groups -OCH3 is 3. The molecule has 0 aliphatic rings. The highest BCUT2D eigenvalue weighted by Gasteiger charge is 2.33. The minimum absolute atomic E-state index is 0.179. The van der Waals surface area contributed by atoms with Gasteiger partial charge in [-0.15, -0.1) is 0 Å². The quantitative estimate of drug-likeness (QED) is 0.474. The highest BCUT2D eigenvalue weighted by atomic mass is 16.5. The van der Waals surface area contributed by atoms with Gasteiger partial charge in [-0.25, -0.2) is 9.59 Å². The van der Waals surface area contributed by atoms with Crippen molar-refractivity contribution in [3.05, 3.63) is 59.2 Å². The van der Waals surface area contributed by atoms with Gasteiger partial charge in [-0.05, 0) is 17.5 Å². The van der Waals surface area contributed by atoms with Crippen LogP contribution in [-0.2, 0) is 15.9 Å². The fourth-order valence-corrected chi connectivity index (χ4v) is 4.08. The molecule has 0 unspecified atom stereocenters. The highest BCUT2D eigenvalue weighted by Crippen LogP contribution is 2.43. The van der Waals surface area contributed by atoms with Crippen LogP contribution in [0.25, 0.3) is 27.7 Å². The zero-order valence-electron chi connectivity index (χ0n) is 16.7.